The van der Waals surface area contributed by atoms with E-state index in [0.29, 0.717) is 10.9 Å². The van der Waals surface area contributed by atoms with Gasteiger partial charge in [0, 0.05) is 18.5 Å². The number of aromatic nitrogens is 1. The van der Waals surface area contributed by atoms with Crippen LogP contribution in [0.25, 0.3) is 10.2 Å². The number of nitrogens with zero attached hydrogens (tertiary/aromatic N) is 2. The van der Waals surface area contributed by atoms with E-state index in [1.807, 2.05) is 12.1 Å². The molecule has 2 N–H and O–H groups in total. The molecule has 3 rings (SSSR count). The van der Waals surface area contributed by atoms with Crippen molar-refractivity contribution in [3.8, 4) is 11.8 Å². The van der Waals surface area contributed by atoms with E-state index in [1.165, 1.54) is 35.6 Å². The number of anilines is 1. The number of ether oxygens (including phenoxy) is 1. The minimum absolute atomic E-state index is 0.00439. The van der Waals surface area contributed by atoms with Gasteiger partial charge in [-0.3, -0.25) is 10.1 Å². The Morgan fingerprint density at radius 2 is 2.11 bits per heavy atom. The van der Waals surface area contributed by atoms with Crippen LogP contribution in [0.4, 0.5) is 5.13 Å². The van der Waals surface area contributed by atoms with E-state index in [0.717, 1.165) is 10.2 Å². The average molecular weight is 416 g/mol. The summed E-state index contributed by atoms with van der Waals surface area (Å²) in [6, 6.07) is 12.9. The van der Waals surface area contributed by atoms with E-state index in [4.69, 9.17) is 10.00 Å². The van der Waals surface area contributed by atoms with Crippen molar-refractivity contribution < 1.29 is 17.9 Å². The Balaban J connectivity index is 1.79. The third kappa shape index (κ3) is 4.45. The molecular formula is C18H16N4O4S2. The van der Waals surface area contributed by atoms with E-state index in [2.05, 4.69) is 15.0 Å². The van der Waals surface area contributed by atoms with Gasteiger partial charge in [-0.15, -0.1) is 0 Å². The highest BCUT2D eigenvalue weighted by Gasteiger charge is 2.17. The molecule has 1 aromatic heterocycles. The van der Waals surface area contributed by atoms with Crippen molar-refractivity contribution in [2.45, 2.75) is 11.3 Å². The number of nitrogens with one attached hydrogen (secondary N) is 2. The van der Waals surface area contributed by atoms with Gasteiger partial charge in [0.15, 0.2) is 5.13 Å². The van der Waals surface area contributed by atoms with Crippen molar-refractivity contribution >= 4 is 42.6 Å². The highest BCUT2D eigenvalue weighted by atomic mass is 32.2. The molecule has 0 atom stereocenters. The lowest BCUT2D eigenvalue weighted by Crippen LogP contribution is -2.25. The van der Waals surface area contributed by atoms with Gasteiger partial charge >= 0.3 is 0 Å². The second kappa shape index (κ2) is 8.35. The van der Waals surface area contributed by atoms with Crippen LogP contribution in [0.5, 0.6) is 5.75 Å². The summed E-state index contributed by atoms with van der Waals surface area (Å²) in [5.41, 5.74) is 0.902. The predicted molar refractivity (Wildman–Crippen MR) is 106 cm³/mol. The summed E-state index contributed by atoms with van der Waals surface area (Å²) < 4.78 is 32.8. The number of hydrogen-bond acceptors (Lipinski definition) is 7. The Labute approximate surface area is 165 Å². The van der Waals surface area contributed by atoms with Gasteiger partial charge in [0.2, 0.25) is 10.0 Å². The molecule has 0 fully saturated rings. The second-order valence-electron chi connectivity index (χ2n) is 5.64. The number of nitriles is 1. The van der Waals surface area contributed by atoms with Crippen LogP contribution in [0.1, 0.15) is 16.8 Å². The zero-order valence-corrected chi connectivity index (χ0v) is 16.4. The molecule has 3 aromatic rings. The van der Waals surface area contributed by atoms with Crippen LogP contribution in [0, 0.1) is 11.3 Å². The Hall–Kier alpha value is -3.00. The van der Waals surface area contributed by atoms with Crippen LogP contribution < -0.4 is 14.8 Å². The Bertz CT molecular complexity index is 1170. The van der Waals surface area contributed by atoms with Crippen molar-refractivity contribution in [3.05, 3.63) is 48.0 Å². The molecule has 10 heteroatoms. The largest absolute Gasteiger partial charge is 0.497 e. The van der Waals surface area contributed by atoms with Crippen LogP contribution in [0.3, 0.4) is 0 Å². The van der Waals surface area contributed by atoms with Crippen LogP contribution in [-0.4, -0.2) is 33.0 Å². The zero-order chi connectivity index (χ0) is 20.1. The maximum absolute atomic E-state index is 12.5. The first kappa shape index (κ1) is 19.8. The number of thiazole rings is 1. The smallest absolute Gasteiger partial charge is 0.257 e. The Morgan fingerprint density at radius 1 is 1.29 bits per heavy atom. The molecule has 0 saturated carbocycles. The van der Waals surface area contributed by atoms with Crippen LogP contribution in [-0.2, 0) is 10.0 Å². The molecule has 0 aliphatic rings. The molecule has 8 nitrogen and oxygen atoms in total. The third-order valence-electron chi connectivity index (χ3n) is 3.75. The van der Waals surface area contributed by atoms with E-state index in [9.17, 15) is 13.2 Å². The number of sulfonamides is 1. The van der Waals surface area contributed by atoms with Crippen molar-refractivity contribution in [2.24, 2.45) is 0 Å². The lowest BCUT2D eigenvalue weighted by atomic mass is 10.2. The molecule has 0 bridgehead atoms. The van der Waals surface area contributed by atoms with Crippen molar-refractivity contribution in [1.82, 2.24) is 9.71 Å². The molecule has 1 amide bonds. The summed E-state index contributed by atoms with van der Waals surface area (Å²) in [7, 11) is -2.23. The van der Waals surface area contributed by atoms with Gasteiger partial charge in [-0.2, -0.15) is 5.26 Å². The monoisotopic (exact) mass is 416 g/mol. The summed E-state index contributed by atoms with van der Waals surface area (Å²) >= 11 is 1.29. The van der Waals surface area contributed by atoms with Crippen molar-refractivity contribution in [2.75, 3.05) is 19.0 Å². The molecule has 144 valence electrons. The van der Waals surface area contributed by atoms with E-state index in [-0.39, 0.29) is 23.4 Å². The standard InChI is InChI=1S/C18H16N4O4S2/c1-26-13-6-7-15-16(11-13)27-18(21-15)22-17(23)12-4-2-5-14(10-12)28(24,25)20-9-3-8-19/h2,4-7,10-11,20H,3,9H2,1H3,(H,21,22,23). The summed E-state index contributed by atoms with van der Waals surface area (Å²) in [4.78, 5) is 16.8. The topological polar surface area (TPSA) is 121 Å². The number of carbonyl (C=O) groups excluding carboxylic acids is 1. The predicted octanol–water partition coefficient (Wildman–Crippen LogP) is 2.75. The van der Waals surface area contributed by atoms with Crippen LogP contribution in [0.2, 0.25) is 0 Å². The highest BCUT2D eigenvalue weighted by molar-refractivity contribution is 7.89. The fraction of sp³-hybridized carbons (Fsp3) is 0.167. The van der Waals surface area contributed by atoms with E-state index in [1.54, 1.807) is 19.2 Å². The van der Waals surface area contributed by atoms with Crippen molar-refractivity contribution in [1.29, 1.82) is 5.26 Å². The quantitative estimate of drug-likeness (QED) is 0.571. The van der Waals surface area contributed by atoms with Gasteiger partial charge < -0.3 is 4.74 Å². The van der Waals surface area contributed by atoms with Crippen LogP contribution in [0.15, 0.2) is 47.4 Å². The number of amides is 1. The molecule has 0 aliphatic heterocycles. The molecule has 0 radical (unpaired) electrons. The van der Waals surface area contributed by atoms with Gasteiger partial charge in [0.25, 0.3) is 5.91 Å². The van der Waals surface area contributed by atoms with Crippen molar-refractivity contribution in [3.63, 3.8) is 0 Å². The summed E-state index contributed by atoms with van der Waals surface area (Å²) in [5.74, 6) is 0.218. The van der Waals surface area contributed by atoms with Gasteiger partial charge in [-0.1, -0.05) is 17.4 Å². The second-order valence-corrected chi connectivity index (χ2v) is 8.44. The fourth-order valence-electron chi connectivity index (χ4n) is 2.38. The molecule has 0 unspecified atom stereocenters. The Kier molecular flexibility index (Phi) is 5.89. The highest BCUT2D eigenvalue weighted by Crippen LogP contribution is 2.29. The first-order chi connectivity index (χ1) is 13.4. The maximum Gasteiger partial charge on any atom is 0.257 e. The average Bonchev–Trinajstić information content (AvgIpc) is 3.09. The number of fused-ring (bicyclic) bond motifs is 1. The zero-order valence-electron chi connectivity index (χ0n) is 14.8. The van der Waals surface area contributed by atoms with Gasteiger partial charge in [0.05, 0.1) is 28.3 Å². The number of benzene rings is 2. The molecule has 28 heavy (non-hydrogen) atoms. The SMILES string of the molecule is COc1ccc2nc(NC(=O)c3cccc(S(=O)(=O)NCCC#N)c3)sc2c1. The normalized spacial score (nSPS) is 11.1. The summed E-state index contributed by atoms with van der Waals surface area (Å²) in [6.07, 6.45) is 0.0573. The van der Waals surface area contributed by atoms with Gasteiger partial charge in [-0.25, -0.2) is 18.1 Å². The van der Waals surface area contributed by atoms with Crippen LogP contribution >= 0.6 is 11.3 Å². The summed E-state index contributed by atoms with van der Waals surface area (Å²) in [6.45, 7) is 0.00439. The van der Waals surface area contributed by atoms with Gasteiger partial charge in [-0.05, 0) is 36.4 Å². The number of methoxy groups -OCH3 is 1. The molecule has 0 aliphatic carbocycles. The number of carbonyl (C=O) groups is 1. The molecule has 0 spiro atoms. The van der Waals surface area contributed by atoms with Gasteiger partial charge in [0.1, 0.15) is 5.75 Å². The first-order valence-electron chi connectivity index (χ1n) is 8.15. The number of hydrogen-bond donors (Lipinski definition) is 2. The number of rotatable bonds is 7. The minimum atomic E-state index is -3.80. The molecule has 0 saturated heterocycles. The third-order valence-corrected chi connectivity index (χ3v) is 6.14. The molecule has 1 heterocycles. The maximum atomic E-state index is 12.5. The lowest BCUT2D eigenvalue weighted by Gasteiger charge is -2.07. The summed E-state index contributed by atoms with van der Waals surface area (Å²) in [5, 5.41) is 11.6. The van der Waals surface area contributed by atoms with E-state index >= 15 is 0 Å². The lowest BCUT2D eigenvalue weighted by molar-refractivity contribution is 0.102. The minimum Gasteiger partial charge on any atom is -0.497 e. The molecular weight excluding hydrogens is 400 g/mol. The molecule has 2 aromatic carbocycles. The van der Waals surface area contributed by atoms with E-state index < -0.39 is 15.9 Å². The first-order valence-corrected chi connectivity index (χ1v) is 10.5. The Morgan fingerprint density at radius 3 is 2.86 bits per heavy atom. The fourth-order valence-corrected chi connectivity index (χ4v) is 4.35.